The monoisotopic (exact) mass is 206 g/mol. The highest BCUT2D eigenvalue weighted by molar-refractivity contribution is 5.34. The Morgan fingerprint density at radius 2 is 2.33 bits per heavy atom. The minimum atomic E-state index is 0.770. The number of nitrogens with zero attached hydrogens (tertiary/aromatic N) is 1. The minimum Gasteiger partial charge on any atom is -0.379 e. The number of aryl methyl sites for hydroxylation is 1. The van der Waals surface area contributed by atoms with E-state index in [2.05, 4.69) is 16.4 Å². The second-order valence-electron chi connectivity index (χ2n) is 4.17. The first-order valence-corrected chi connectivity index (χ1v) is 5.59. The van der Waals surface area contributed by atoms with Gasteiger partial charge in [0.15, 0.2) is 0 Å². The Morgan fingerprint density at radius 1 is 1.47 bits per heavy atom. The molecule has 0 atom stereocenters. The van der Waals surface area contributed by atoms with E-state index in [0.717, 1.165) is 31.5 Å². The Kier molecular flexibility index (Phi) is 3.56. The van der Waals surface area contributed by atoms with Crippen LogP contribution in [0.3, 0.4) is 0 Å². The predicted octanol–water partition coefficient (Wildman–Crippen LogP) is 2.23. The molecule has 1 heterocycles. The van der Waals surface area contributed by atoms with E-state index in [4.69, 9.17) is 4.74 Å². The molecule has 1 aromatic heterocycles. The third kappa shape index (κ3) is 3.88. The Hall–Kier alpha value is -1.09. The van der Waals surface area contributed by atoms with Crippen molar-refractivity contribution in [2.45, 2.75) is 19.8 Å². The molecule has 3 nitrogen and oxygen atoms in total. The highest BCUT2D eigenvalue weighted by Crippen LogP contribution is 2.28. The number of ether oxygens (including phenoxy) is 1. The molecule has 15 heavy (non-hydrogen) atoms. The molecule has 0 unspecified atom stereocenters. The summed E-state index contributed by atoms with van der Waals surface area (Å²) in [6.07, 6.45) is 4.58. The van der Waals surface area contributed by atoms with Crippen molar-refractivity contribution in [2.75, 3.05) is 25.1 Å². The summed E-state index contributed by atoms with van der Waals surface area (Å²) >= 11 is 0. The van der Waals surface area contributed by atoms with E-state index in [-0.39, 0.29) is 0 Å². The molecule has 0 radical (unpaired) electrons. The van der Waals surface area contributed by atoms with Crippen molar-refractivity contribution in [3.05, 3.63) is 23.9 Å². The van der Waals surface area contributed by atoms with Gasteiger partial charge < -0.3 is 10.1 Å². The molecule has 3 heteroatoms. The molecule has 1 saturated carbocycles. The van der Waals surface area contributed by atoms with Crippen LogP contribution in [-0.2, 0) is 4.74 Å². The highest BCUT2D eigenvalue weighted by Gasteiger charge is 2.20. The summed E-state index contributed by atoms with van der Waals surface area (Å²) in [5.74, 6) is 1.78. The Labute approximate surface area is 90.9 Å². The zero-order valence-corrected chi connectivity index (χ0v) is 9.20. The first-order valence-electron chi connectivity index (χ1n) is 5.59. The fourth-order valence-corrected chi connectivity index (χ4v) is 1.36. The lowest BCUT2D eigenvalue weighted by Crippen LogP contribution is -2.11. The average Bonchev–Trinajstić information content (AvgIpc) is 3.04. The molecule has 1 aliphatic rings. The van der Waals surface area contributed by atoms with Crippen LogP contribution in [0.15, 0.2) is 18.3 Å². The number of hydrogen-bond acceptors (Lipinski definition) is 3. The Balaban J connectivity index is 1.58. The molecule has 0 saturated heterocycles. The van der Waals surface area contributed by atoms with Crippen LogP contribution in [-0.4, -0.2) is 24.7 Å². The molecule has 0 aromatic carbocycles. The zero-order chi connectivity index (χ0) is 10.5. The highest BCUT2D eigenvalue weighted by atomic mass is 16.5. The summed E-state index contributed by atoms with van der Waals surface area (Å²) in [5, 5.41) is 3.23. The largest absolute Gasteiger partial charge is 0.379 e. The van der Waals surface area contributed by atoms with Gasteiger partial charge in [-0.1, -0.05) is 6.07 Å². The third-order valence-corrected chi connectivity index (χ3v) is 2.51. The lowest BCUT2D eigenvalue weighted by molar-refractivity contribution is 0.134. The zero-order valence-electron chi connectivity index (χ0n) is 9.20. The quantitative estimate of drug-likeness (QED) is 0.725. The van der Waals surface area contributed by atoms with Crippen molar-refractivity contribution in [1.29, 1.82) is 0 Å². The number of pyridine rings is 1. The summed E-state index contributed by atoms with van der Waals surface area (Å²) in [6, 6.07) is 4.05. The van der Waals surface area contributed by atoms with Crippen LogP contribution in [0.5, 0.6) is 0 Å². The maximum atomic E-state index is 5.51. The SMILES string of the molecule is Cc1ccc(NCCOCC2CC2)nc1. The van der Waals surface area contributed by atoms with Crippen LogP contribution in [0.4, 0.5) is 5.82 Å². The maximum absolute atomic E-state index is 5.51. The van der Waals surface area contributed by atoms with Crippen molar-refractivity contribution < 1.29 is 4.74 Å². The van der Waals surface area contributed by atoms with Gasteiger partial charge in [0.05, 0.1) is 6.61 Å². The summed E-state index contributed by atoms with van der Waals surface area (Å²) in [7, 11) is 0. The van der Waals surface area contributed by atoms with Crippen LogP contribution >= 0.6 is 0 Å². The van der Waals surface area contributed by atoms with E-state index in [1.165, 1.54) is 18.4 Å². The second-order valence-corrected chi connectivity index (χ2v) is 4.17. The fraction of sp³-hybridized carbons (Fsp3) is 0.583. The van der Waals surface area contributed by atoms with Crippen LogP contribution in [0.2, 0.25) is 0 Å². The lowest BCUT2D eigenvalue weighted by Gasteiger charge is -2.06. The van der Waals surface area contributed by atoms with Gasteiger partial charge in [-0.3, -0.25) is 0 Å². The van der Waals surface area contributed by atoms with Crippen molar-refractivity contribution in [1.82, 2.24) is 4.98 Å². The van der Waals surface area contributed by atoms with E-state index in [0.29, 0.717) is 0 Å². The van der Waals surface area contributed by atoms with Gasteiger partial charge in [-0.2, -0.15) is 0 Å². The molecule has 1 fully saturated rings. The van der Waals surface area contributed by atoms with Gasteiger partial charge in [0.25, 0.3) is 0 Å². The van der Waals surface area contributed by atoms with Gasteiger partial charge in [0.2, 0.25) is 0 Å². The van der Waals surface area contributed by atoms with Crippen molar-refractivity contribution >= 4 is 5.82 Å². The summed E-state index contributed by atoms with van der Waals surface area (Å²) in [5.41, 5.74) is 1.19. The minimum absolute atomic E-state index is 0.770. The molecule has 82 valence electrons. The first kappa shape index (κ1) is 10.4. The molecule has 0 amide bonds. The predicted molar refractivity (Wildman–Crippen MR) is 61.0 cm³/mol. The van der Waals surface area contributed by atoms with Crippen LogP contribution < -0.4 is 5.32 Å². The first-order chi connectivity index (χ1) is 7.34. The molecular formula is C12H18N2O. The summed E-state index contributed by atoms with van der Waals surface area (Å²) in [4.78, 5) is 4.26. The van der Waals surface area contributed by atoms with Crippen LogP contribution in [0, 0.1) is 12.8 Å². The van der Waals surface area contributed by atoms with E-state index in [1.807, 2.05) is 19.2 Å². The Bertz CT molecular complexity index is 293. The maximum Gasteiger partial charge on any atom is 0.125 e. The van der Waals surface area contributed by atoms with E-state index < -0.39 is 0 Å². The molecule has 0 bridgehead atoms. The van der Waals surface area contributed by atoms with Crippen molar-refractivity contribution in [2.24, 2.45) is 5.92 Å². The number of hydrogen-bond donors (Lipinski definition) is 1. The summed E-state index contributed by atoms with van der Waals surface area (Å²) in [6.45, 7) is 4.58. The molecular weight excluding hydrogens is 188 g/mol. The molecule has 1 N–H and O–H groups in total. The summed E-state index contributed by atoms with van der Waals surface area (Å²) < 4.78 is 5.51. The van der Waals surface area contributed by atoms with Crippen LogP contribution in [0.25, 0.3) is 0 Å². The molecule has 2 rings (SSSR count). The standard InChI is InChI=1S/C12H18N2O/c1-10-2-5-12(14-8-10)13-6-7-15-9-11-3-4-11/h2,5,8,11H,3-4,6-7,9H2,1H3,(H,13,14). The molecule has 0 spiro atoms. The number of rotatable bonds is 6. The van der Waals surface area contributed by atoms with E-state index >= 15 is 0 Å². The number of nitrogens with one attached hydrogen (secondary N) is 1. The smallest absolute Gasteiger partial charge is 0.125 e. The molecule has 1 aromatic rings. The molecule has 0 aliphatic heterocycles. The lowest BCUT2D eigenvalue weighted by atomic mass is 10.3. The number of anilines is 1. The van der Waals surface area contributed by atoms with Gasteiger partial charge in [0.1, 0.15) is 5.82 Å². The average molecular weight is 206 g/mol. The van der Waals surface area contributed by atoms with Crippen molar-refractivity contribution in [3.8, 4) is 0 Å². The van der Waals surface area contributed by atoms with Gasteiger partial charge in [0, 0.05) is 19.3 Å². The fourth-order valence-electron chi connectivity index (χ4n) is 1.36. The number of aromatic nitrogens is 1. The Morgan fingerprint density at radius 3 is 3.00 bits per heavy atom. The van der Waals surface area contributed by atoms with Gasteiger partial charge >= 0.3 is 0 Å². The third-order valence-electron chi connectivity index (χ3n) is 2.51. The topological polar surface area (TPSA) is 34.1 Å². The van der Waals surface area contributed by atoms with E-state index in [9.17, 15) is 0 Å². The van der Waals surface area contributed by atoms with E-state index in [1.54, 1.807) is 0 Å². The molecule has 1 aliphatic carbocycles. The van der Waals surface area contributed by atoms with Gasteiger partial charge in [-0.25, -0.2) is 4.98 Å². The second kappa shape index (κ2) is 5.12. The van der Waals surface area contributed by atoms with Crippen molar-refractivity contribution in [3.63, 3.8) is 0 Å². The van der Waals surface area contributed by atoms with Crippen LogP contribution in [0.1, 0.15) is 18.4 Å². The normalized spacial score (nSPS) is 15.3. The van der Waals surface area contributed by atoms with Gasteiger partial charge in [-0.05, 0) is 37.3 Å². The van der Waals surface area contributed by atoms with Gasteiger partial charge in [-0.15, -0.1) is 0 Å².